The average Bonchev–Trinajstić information content (AvgIpc) is 2.82. The second-order valence-corrected chi connectivity index (χ2v) is 8.63. The Morgan fingerprint density at radius 2 is 1.81 bits per heavy atom. The topological polar surface area (TPSA) is 101 Å². The second kappa shape index (κ2) is 7.10. The van der Waals surface area contributed by atoms with Crippen LogP contribution in [0.15, 0.2) is 75.9 Å². The number of hydrogen-bond donors (Lipinski definition) is 2. The summed E-state index contributed by atoms with van der Waals surface area (Å²) >= 11 is 1.42. The Hall–Kier alpha value is -2.75. The van der Waals surface area contributed by atoms with Crippen LogP contribution < -0.4 is 10.0 Å². The van der Waals surface area contributed by atoms with Crippen LogP contribution >= 0.6 is 11.8 Å². The maximum Gasteiger partial charge on any atom is 0.256 e. The van der Waals surface area contributed by atoms with Crippen molar-refractivity contribution >= 4 is 33.4 Å². The predicted molar refractivity (Wildman–Crippen MR) is 101 cm³/mol. The molecule has 0 bridgehead atoms. The minimum absolute atomic E-state index is 0.0740. The Morgan fingerprint density at radius 3 is 2.63 bits per heavy atom. The molecule has 3 aromatic rings. The highest BCUT2D eigenvalue weighted by Gasteiger charge is 2.22. The molecule has 27 heavy (non-hydrogen) atoms. The summed E-state index contributed by atoms with van der Waals surface area (Å²) in [6, 6.07) is 11.9. The Kier molecular flexibility index (Phi) is 4.65. The summed E-state index contributed by atoms with van der Waals surface area (Å²) in [5, 5.41) is 2.79. The molecule has 0 radical (unpaired) electrons. The highest BCUT2D eigenvalue weighted by molar-refractivity contribution is 7.99. The molecule has 2 heterocycles. The molecule has 2 aromatic carbocycles. The molecule has 1 aliphatic rings. The van der Waals surface area contributed by atoms with Crippen LogP contribution in [-0.2, 0) is 16.6 Å². The summed E-state index contributed by atoms with van der Waals surface area (Å²) in [7, 11) is -3.75. The summed E-state index contributed by atoms with van der Waals surface area (Å²) < 4.78 is 27.7. The van der Waals surface area contributed by atoms with E-state index in [4.69, 9.17) is 0 Å². The third-order valence-corrected chi connectivity index (χ3v) is 6.49. The number of amides is 1. The molecule has 0 atom stereocenters. The van der Waals surface area contributed by atoms with Gasteiger partial charge in [-0.1, -0.05) is 23.9 Å². The van der Waals surface area contributed by atoms with E-state index in [1.54, 1.807) is 30.6 Å². The average molecular weight is 398 g/mol. The number of nitrogens with one attached hydrogen (secondary N) is 2. The van der Waals surface area contributed by atoms with Crippen LogP contribution in [0.4, 0.5) is 5.69 Å². The lowest BCUT2D eigenvalue weighted by Gasteiger charge is -2.10. The molecule has 9 heteroatoms. The molecule has 4 rings (SSSR count). The van der Waals surface area contributed by atoms with E-state index in [9.17, 15) is 13.2 Å². The van der Waals surface area contributed by atoms with Gasteiger partial charge in [0.1, 0.15) is 6.33 Å². The number of hydrogen-bond acceptors (Lipinski definition) is 6. The van der Waals surface area contributed by atoms with Gasteiger partial charge in [0.05, 0.1) is 16.1 Å². The fourth-order valence-corrected chi connectivity index (χ4v) is 4.65. The minimum atomic E-state index is -3.75. The Labute approximate surface area is 160 Å². The fourth-order valence-electron chi connectivity index (χ4n) is 2.60. The number of aromatic nitrogens is 2. The van der Waals surface area contributed by atoms with Crippen molar-refractivity contribution in [1.82, 2.24) is 14.7 Å². The Bertz CT molecular complexity index is 1120. The quantitative estimate of drug-likeness (QED) is 0.701. The lowest BCUT2D eigenvalue weighted by atomic mass is 10.2. The lowest BCUT2D eigenvalue weighted by Crippen LogP contribution is -2.23. The SMILES string of the molecule is O=C1Nc2cc(S(=O)(=O)NCc3cncnc3)ccc2Sc2ccccc21. The number of nitrogens with zero attached hydrogens (tertiary/aromatic N) is 2. The van der Waals surface area contributed by atoms with Crippen LogP contribution in [0.5, 0.6) is 0 Å². The molecule has 0 fully saturated rings. The molecule has 0 spiro atoms. The third kappa shape index (κ3) is 3.70. The number of rotatable bonds is 4. The van der Waals surface area contributed by atoms with Crippen molar-refractivity contribution in [1.29, 1.82) is 0 Å². The zero-order valence-corrected chi connectivity index (χ0v) is 15.5. The first kappa shape index (κ1) is 17.7. The van der Waals surface area contributed by atoms with Gasteiger partial charge >= 0.3 is 0 Å². The first-order valence-electron chi connectivity index (χ1n) is 7.99. The molecule has 2 N–H and O–H groups in total. The molecular weight excluding hydrogens is 384 g/mol. The van der Waals surface area contributed by atoms with Crippen LogP contribution in [0.2, 0.25) is 0 Å². The van der Waals surface area contributed by atoms with Gasteiger partial charge in [-0.05, 0) is 30.3 Å². The number of anilines is 1. The van der Waals surface area contributed by atoms with E-state index in [1.807, 2.05) is 12.1 Å². The van der Waals surface area contributed by atoms with Gasteiger partial charge in [-0.25, -0.2) is 23.1 Å². The fraction of sp³-hybridized carbons (Fsp3) is 0.0556. The molecule has 0 saturated heterocycles. The van der Waals surface area contributed by atoms with E-state index in [1.165, 1.54) is 30.2 Å². The number of carbonyl (C=O) groups excluding carboxylic acids is 1. The summed E-state index contributed by atoms with van der Waals surface area (Å²) in [6.45, 7) is 0.0762. The van der Waals surface area contributed by atoms with Crippen molar-refractivity contribution in [3.63, 3.8) is 0 Å². The monoisotopic (exact) mass is 398 g/mol. The highest BCUT2D eigenvalue weighted by atomic mass is 32.2. The van der Waals surface area contributed by atoms with Crippen molar-refractivity contribution in [2.24, 2.45) is 0 Å². The first-order chi connectivity index (χ1) is 13.0. The summed E-state index contributed by atoms with van der Waals surface area (Å²) in [5.74, 6) is -0.263. The van der Waals surface area contributed by atoms with Crippen molar-refractivity contribution in [2.75, 3.05) is 5.32 Å². The van der Waals surface area contributed by atoms with E-state index in [0.717, 1.165) is 9.79 Å². The molecule has 0 aliphatic carbocycles. The van der Waals surface area contributed by atoms with Crippen molar-refractivity contribution in [2.45, 2.75) is 21.2 Å². The lowest BCUT2D eigenvalue weighted by molar-refractivity contribution is 0.102. The molecule has 0 saturated carbocycles. The Balaban J connectivity index is 1.61. The number of carbonyl (C=O) groups is 1. The van der Waals surface area contributed by atoms with Gasteiger partial charge in [0.2, 0.25) is 10.0 Å². The summed E-state index contributed by atoms with van der Waals surface area (Å²) in [6.07, 6.45) is 4.46. The highest BCUT2D eigenvalue weighted by Crippen LogP contribution is 2.39. The Morgan fingerprint density at radius 1 is 1.04 bits per heavy atom. The van der Waals surface area contributed by atoms with Gasteiger partial charge in [-0.15, -0.1) is 0 Å². The van der Waals surface area contributed by atoms with Gasteiger partial charge in [-0.3, -0.25) is 4.79 Å². The first-order valence-corrected chi connectivity index (χ1v) is 10.3. The second-order valence-electron chi connectivity index (χ2n) is 5.78. The van der Waals surface area contributed by atoms with E-state index in [0.29, 0.717) is 16.8 Å². The predicted octanol–water partition coefficient (Wildman–Crippen LogP) is 2.67. The van der Waals surface area contributed by atoms with E-state index < -0.39 is 10.0 Å². The standard InChI is InChI=1S/C18H14N4O3S2/c23-18-14-3-1-2-4-16(14)26-17-6-5-13(7-15(17)22-18)27(24,25)21-10-12-8-19-11-20-9-12/h1-9,11,21H,10H2,(H,22,23). The largest absolute Gasteiger partial charge is 0.321 e. The van der Waals surface area contributed by atoms with Gasteiger partial charge < -0.3 is 5.32 Å². The molecular formula is C18H14N4O3S2. The molecule has 1 aromatic heterocycles. The van der Waals surface area contributed by atoms with Crippen molar-refractivity contribution in [3.05, 3.63) is 72.3 Å². The van der Waals surface area contributed by atoms with E-state index in [-0.39, 0.29) is 17.3 Å². The molecule has 7 nitrogen and oxygen atoms in total. The normalized spacial score (nSPS) is 13.3. The smallest absolute Gasteiger partial charge is 0.256 e. The van der Waals surface area contributed by atoms with Gasteiger partial charge in [0, 0.05) is 34.3 Å². The molecule has 1 aliphatic heterocycles. The minimum Gasteiger partial charge on any atom is -0.321 e. The van der Waals surface area contributed by atoms with Crippen LogP contribution in [0.25, 0.3) is 0 Å². The van der Waals surface area contributed by atoms with Crippen molar-refractivity contribution < 1.29 is 13.2 Å². The van der Waals surface area contributed by atoms with Crippen LogP contribution in [0.3, 0.4) is 0 Å². The molecule has 1 amide bonds. The number of benzene rings is 2. The zero-order valence-electron chi connectivity index (χ0n) is 13.9. The molecule has 136 valence electrons. The number of fused-ring (bicyclic) bond motifs is 2. The van der Waals surface area contributed by atoms with Gasteiger partial charge in [0.15, 0.2) is 0 Å². The van der Waals surface area contributed by atoms with Gasteiger partial charge in [0.25, 0.3) is 5.91 Å². The van der Waals surface area contributed by atoms with Crippen molar-refractivity contribution in [3.8, 4) is 0 Å². The maximum absolute atomic E-state index is 12.6. The van der Waals surface area contributed by atoms with Crippen LogP contribution in [-0.4, -0.2) is 24.3 Å². The number of sulfonamides is 1. The summed E-state index contributed by atoms with van der Waals surface area (Å²) in [5.41, 5.74) is 1.67. The van der Waals surface area contributed by atoms with Crippen LogP contribution in [0.1, 0.15) is 15.9 Å². The maximum atomic E-state index is 12.6. The third-order valence-electron chi connectivity index (χ3n) is 3.94. The van der Waals surface area contributed by atoms with E-state index >= 15 is 0 Å². The summed E-state index contributed by atoms with van der Waals surface area (Å²) in [4.78, 5) is 21.8. The van der Waals surface area contributed by atoms with E-state index in [2.05, 4.69) is 20.0 Å². The zero-order chi connectivity index (χ0) is 18.9. The van der Waals surface area contributed by atoms with Gasteiger partial charge in [-0.2, -0.15) is 0 Å². The van der Waals surface area contributed by atoms with Crippen LogP contribution in [0, 0.1) is 0 Å². The molecule has 0 unspecified atom stereocenters.